The lowest BCUT2D eigenvalue weighted by Gasteiger charge is -2.12. The molecule has 2 unspecified atom stereocenters. The first-order valence-electron chi connectivity index (χ1n) is 5.09. The van der Waals surface area contributed by atoms with Crippen LogP contribution in [-0.2, 0) is 4.79 Å². The standard InChI is InChI=1S/C12H15NO2/c1-8-4-3-5-9(6-8)11-10(14)7-13(2)12(11)15/h3-6,10-11,14H,7H2,1-2H3. The number of amides is 1. The first-order chi connectivity index (χ1) is 7.09. The molecule has 0 spiro atoms. The van der Waals surface area contributed by atoms with E-state index in [1.165, 1.54) is 0 Å². The van der Waals surface area contributed by atoms with E-state index in [0.717, 1.165) is 11.1 Å². The lowest BCUT2D eigenvalue weighted by atomic mass is 9.94. The maximum Gasteiger partial charge on any atom is 0.232 e. The zero-order valence-corrected chi connectivity index (χ0v) is 8.97. The molecule has 1 saturated heterocycles. The number of carbonyl (C=O) groups excluding carboxylic acids is 1. The van der Waals surface area contributed by atoms with Crippen molar-refractivity contribution >= 4 is 5.91 Å². The Morgan fingerprint density at radius 2 is 2.20 bits per heavy atom. The highest BCUT2D eigenvalue weighted by Crippen LogP contribution is 2.28. The summed E-state index contributed by atoms with van der Waals surface area (Å²) in [5.74, 6) is -0.372. The minimum absolute atomic E-state index is 0.00750. The maximum atomic E-state index is 11.8. The average molecular weight is 205 g/mol. The van der Waals surface area contributed by atoms with Gasteiger partial charge in [-0.3, -0.25) is 4.79 Å². The van der Waals surface area contributed by atoms with Crippen molar-refractivity contribution < 1.29 is 9.90 Å². The fourth-order valence-electron chi connectivity index (χ4n) is 2.11. The van der Waals surface area contributed by atoms with Crippen molar-refractivity contribution in [3.8, 4) is 0 Å². The van der Waals surface area contributed by atoms with Crippen LogP contribution >= 0.6 is 0 Å². The number of rotatable bonds is 1. The molecule has 1 heterocycles. The van der Waals surface area contributed by atoms with E-state index >= 15 is 0 Å². The summed E-state index contributed by atoms with van der Waals surface area (Å²) in [6.07, 6.45) is -0.579. The largest absolute Gasteiger partial charge is 0.390 e. The molecule has 0 bridgehead atoms. The van der Waals surface area contributed by atoms with Gasteiger partial charge in [0.1, 0.15) is 0 Å². The van der Waals surface area contributed by atoms with Crippen LogP contribution in [0.5, 0.6) is 0 Å². The fraction of sp³-hybridized carbons (Fsp3) is 0.417. The number of likely N-dealkylation sites (tertiary alicyclic amines) is 1. The lowest BCUT2D eigenvalue weighted by molar-refractivity contribution is -0.128. The van der Waals surface area contributed by atoms with Gasteiger partial charge in [0, 0.05) is 13.6 Å². The molecule has 1 aromatic carbocycles. The summed E-state index contributed by atoms with van der Waals surface area (Å²) in [4.78, 5) is 13.4. The van der Waals surface area contributed by atoms with E-state index < -0.39 is 6.10 Å². The second kappa shape index (κ2) is 3.66. The van der Waals surface area contributed by atoms with Crippen molar-refractivity contribution in [2.24, 2.45) is 0 Å². The number of aryl methyl sites for hydroxylation is 1. The molecule has 1 aliphatic heterocycles. The highest BCUT2D eigenvalue weighted by atomic mass is 16.3. The highest BCUT2D eigenvalue weighted by molar-refractivity contribution is 5.86. The molecule has 0 aliphatic carbocycles. The number of hydrogen-bond acceptors (Lipinski definition) is 2. The van der Waals surface area contributed by atoms with Crippen LogP contribution in [0, 0.1) is 6.92 Å². The Hall–Kier alpha value is -1.35. The molecule has 0 aromatic heterocycles. The summed E-state index contributed by atoms with van der Waals surface area (Å²) in [6, 6.07) is 7.77. The number of likely N-dealkylation sites (N-methyl/N-ethyl adjacent to an activating group) is 1. The smallest absolute Gasteiger partial charge is 0.232 e. The number of hydrogen-bond donors (Lipinski definition) is 1. The number of aliphatic hydroxyl groups excluding tert-OH is 1. The zero-order valence-electron chi connectivity index (χ0n) is 8.97. The van der Waals surface area contributed by atoms with E-state index in [4.69, 9.17) is 0 Å². The van der Waals surface area contributed by atoms with Crippen LogP contribution in [0.3, 0.4) is 0 Å². The minimum Gasteiger partial charge on any atom is -0.390 e. The maximum absolute atomic E-state index is 11.8. The molecule has 15 heavy (non-hydrogen) atoms. The van der Waals surface area contributed by atoms with Gasteiger partial charge in [0.05, 0.1) is 12.0 Å². The summed E-state index contributed by atoms with van der Waals surface area (Å²) in [6.45, 7) is 2.41. The van der Waals surface area contributed by atoms with Crippen LogP contribution < -0.4 is 0 Å². The van der Waals surface area contributed by atoms with E-state index in [-0.39, 0.29) is 11.8 Å². The Balaban J connectivity index is 2.35. The second-order valence-electron chi connectivity index (χ2n) is 4.18. The molecule has 1 aliphatic rings. The summed E-state index contributed by atoms with van der Waals surface area (Å²) in [5, 5.41) is 9.81. The molecule has 1 fully saturated rings. The quantitative estimate of drug-likeness (QED) is 0.740. The molecule has 1 aromatic rings. The Labute approximate surface area is 89.3 Å². The fourth-order valence-corrected chi connectivity index (χ4v) is 2.11. The molecule has 3 heteroatoms. The van der Waals surface area contributed by atoms with Gasteiger partial charge in [-0.05, 0) is 12.5 Å². The zero-order chi connectivity index (χ0) is 11.0. The third-order valence-electron chi connectivity index (χ3n) is 2.89. The van der Waals surface area contributed by atoms with Gasteiger partial charge in [0.15, 0.2) is 0 Å². The van der Waals surface area contributed by atoms with Crippen LogP contribution in [0.25, 0.3) is 0 Å². The molecule has 0 radical (unpaired) electrons. The van der Waals surface area contributed by atoms with Gasteiger partial charge in [-0.15, -0.1) is 0 Å². The minimum atomic E-state index is -0.579. The number of nitrogens with zero attached hydrogens (tertiary/aromatic N) is 1. The average Bonchev–Trinajstić information content (AvgIpc) is 2.41. The van der Waals surface area contributed by atoms with Gasteiger partial charge < -0.3 is 10.0 Å². The van der Waals surface area contributed by atoms with Crippen molar-refractivity contribution in [1.29, 1.82) is 0 Å². The second-order valence-corrected chi connectivity index (χ2v) is 4.18. The summed E-state index contributed by atoms with van der Waals surface area (Å²) < 4.78 is 0. The van der Waals surface area contributed by atoms with E-state index in [9.17, 15) is 9.90 Å². The third-order valence-corrected chi connectivity index (χ3v) is 2.89. The number of β-amino-alcohol motifs (C(OH)–C–C–N with tert-alkyl or cyclic N) is 1. The molecular weight excluding hydrogens is 190 g/mol. The van der Waals surface area contributed by atoms with Gasteiger partial charge in [0.2, 0.25) is 5.91 Å². The van der Waals surface area contributed by atoms with Gasteiger partial charge in [0.25, 0.3) is 0 Å². The summed E-state index contributed by atoms with van der Waals surface area (Å²) in [5.41, 5.74) is 2.03. The van der Waals surface area contributed by atoms with E-state index in [2.05, 4.69) is 0 Å². The van der Waals surface area contributed by atoms with E-state index in [1.54, 1.807) is 11.9 Å². The van der Waals surface area contributed by atoms with Crippen LogP contribution in [0.15, 0.2) is 24.3 Å². The Morgan fingerprint density at radius 3 is 2.73 bits per heavy atom. The molecule has 80 valence electrons. The van der Waals surface area contributed by atoms with Crippen molar-refractivity contribution in [3.05, 3.63) is 35.4 Å². The van der Waals surface area contributed by atoms with Crippen LogP contribution in [0.2, 0.25) is 0 Å². The van der Waals surface area contributed by atoms with Gasteiger partial charge in [-0.25, -0.2) is 0 Å². The lowest BCUT2D eigenvalue weighted by Crippen LogP contribution is -2.21. The molecule has 1 N–H and O–H groups in total. The summed E-state index contributed by atoms with van der Waals surface area (Å²) >= 11 is 0. The number of aliphatic hydroxyl groups is 1. The van der Waals surface area contributed by atoms with E-state index in [1.807, 2.05) is 31.2 Å². The molecule has 0 saturated carbocycles. The van der Waals surface area contributed by atoms with Gasteiger partial charge in [-0.1, -0.05) is 29.8 Å². The Bertz CT molecular complexity index is 389. The first kappa shape index (κ1) is 10.2. The third kappa shape index (κ3) is 1.75. The van der Waals surface area contributed by atoms with Crippen LogP contribution in [-0.4, -0.2) is 35.6 Å². The number of benzene rings is 1. The topological polar surface area (TPSA) is 40.5 Å². The normalized spacial score (nSPS) is 26.1. The highest BCUT2D eigenvalue weighted by Gasteiger charge is 2.38. The van der Waals surface area contributed by atoms with Crippen LogP contribution in [0.1, 0.15) is 17.0 Å². The van der Waals surface area contributed by atoms with Crippen molar-refractivity contribution in [2.45, 2.75) is 18.9 Å². The van der Waals surface area contributed by atoms with Crippen molar-refractivity contribution in [2.75, 3.05) is 13.6 Å². The van der Waals surface area contributed by atoms with E-state index in [0.29, 0.717) is 6.54 Å². The molecule has 2 atom stereocenters. The molecule has 2 rings (SSSR count). The summed E-state index contributed by atoms with van der Waals surface area (Å²) in [7, 11) is 1.72. The SMILES string of the molecule is Cc1cccc(C2C(=O)N(C)CC2O)c1. The first-order valence-corrected chi connectivity index (χ1v) is 5.09. The van der Waals surface area contributed by atoms with Crippen molar-refractivity contribution in [3.63, 3.8) is 0 Å². The number of carbonyl (C=O) groups is 1. The Morgan fingerprint density at radius 1 is 1.47 bits per heavy atom. The predicted molar refractivity (Wildman–Crippen MR) is 57.6 cm³/mol. The predicted octanol–water partition coefficient (Wildman–Crippen LogP) is 0.912. The molecular formula is C12H15NO2. The Kier molecular flexibility index (Phi) is 2.49. The van der Waals surface area contributed by atoms with Gasteiger partial charge in [-0.2, -0.15) is 0 Å². The monoisotopic (exact) mass is 205 g/mol. The molecule has 1 amide bonds. The van der Waals surface area contributed by atoms with Gasteiger partial charge >= 0.3 is 0 Å². The molecule has 3 nitrogen and oxygen atoms in total. The van der Waals surface area contributed by atoms with Crippen molar-refractivity contribution in [1.82, 2.24) is 4.90 Å². The van der Waals surface area contributed by atoms with Crippen LogP contribution in [0.4, 0.5) is 0 Å².